The SMILES string of the molecule is CC1=C2CCC3=C(C)CCC(CPC2)CC(CC1)CPP3. The van der Waals surface area contributed by atoms with Gasteiger partial charge in [0.15, 0.2) is 0 Å². The first-order valence-electron chi connectivity index (χ1n) is 8.78. The highest BCUT2D eigenvalue weighted by molar-refractivity contribution is 8.13. The highest BCUT2D eigenvalue weighted by atomic mass is 32.0. The van der Waals surface area contributed by atoms with Crippen molar-refractivity contribution in [3.63, 3.8) is 0 Å². The lowest BCUT2D eigenvalue weighted by Crippen LogP contribution is -2.15. The molecule has 0 radical (unpaired) electrons. The monoisotopic (exact) mass is 340 g/mol. The molecule has 4 aliphatic heterocycles. The highest BCUT2D eigenvalue weighted by Gasteiger charge is 2.22. The van der Waals surface area contributed by atoms with Gasteiger partial charge in [0.1, 0.15) is 0 Å². The number of hydrogen-bond donors (Lipinski definition) is 0. The fourth-order valence-electron chi connectivity index (χ4n) is 4.09. The molecule has 0 spiro atoms. The van der Waals surface area contributed by atoms with Crippen LogP contribution in [-0.4, -0.2) is 18.5 Å². The Morgan fingerprint density at radius 3 is 2.48 bits per heavy atom. The van der Waals surface area contributed by atoms with Crippen LogP contribution in [0.1, 0.15) is 58.8 Å². The van der Waals surface area contributed by atoms with Crippen molar-refractivity contribution in [2.45, 2.75) is 58.8 Å². The van der Waals surface area contributed by atoms with E-state index in [0.29, 0.717) is 0 Å². The molecule has 0 N–H and O–H groups in total. The Balaban J connectivity index is 1.96. The first-order chi connectivity index (χ1) is 10.2. The maximum absolute atomic E-state index is 2.46. The quantitative estimate of drug-likeness (QED) is 0.347. The van der Waals surface area contributed by atoms with Gasteiger partial charge in [0.25, 0.3) is 0 Å². The van der Waals surface area contributed by atoms with Crippen LogP contribution in [0.5, 0.6) is 0 Å². The predicted molar refractivity (Wildman–Crippen MR) is 104 cm³/mol. The van der Waals surface area contributed by atoms with E-state index in [0.717, 1.165) is 20.1 Å². The molecule has 0 saturated heterocycles. The van der Waals surface area contributed by atoms with Gasteiger partial charge in [-0.3, -0.25) is 0 Å². The van der Waals surface area contributed by atoms with Gasteiger partial charge in [-0.1, -0.05) is 33.3 Å². The van der Waals surface area contributed by atoms with Crippen molar-refractivity contribution in [3.05, 3.63) is 22.0 Å². The normalized spacial score (nSPS) is 35.7. The molecule has 3 heteroatoms. The molecule has 0 amide bonds. The molecule has 4 bridgehead atoms. The van der Waals surface area contributed by atoms with Crippen LogP contribution in [0, 0.1) is 11.8 Å². The van der Waals surface area contributed by atoms with Crippen LogP contribution in [0.3, 0.4) is 0 Å². The summed E-state index contributed by atoms with van der Waals surface area (Å²) in [6.07, 6.45) is 14.6. The molecule has 0 aromatic rings. The number of hydrogen-bond acceptors (Lipinski definition) is 0. The zero-order chi connectivity index (χ0) is 14.7. The zero-order valence-electron chi connectivity index (χ0n) is 13.7. The van der Waals surface area contributed by atoms with E-state index in [1.54, 1.807) is 17.6 Å². The molecule has 0 aromatic heterocycles. The van der Waals surface area contributed by atoms with Gasteiger partial charge in [-0.15, -0.1) is 8.58 Å². The lowest BCUT2D eigenvalue weighted by atomic mass is 9.88. The zero-order valence-corrected chi connectivity index (χ0v) is 16.7. The molecule has 0 nitrogen and oxygen atoms in total. The van der Waals surface area contributed by atoms with E-state index in [1.807, 2.05) is 10.9 Å². The van der Waals surface area contributed by atoms with E-state index in [-0.39, 0.29) is 0 Å². The first kappa shape index (κ1) is 16.6. The summed E-state index contributed by atoms with van der Waals surface area (Å²) < 4.78 is 0. The Hall–Kier alpha value is 0.770. The van der Waals surface area contributed by atoms with Crippen LogP contribution in [0.25, 0.3) is 0 Å². The summed E-state index contributed by atoms with van der Waals surface area (Å²) in [6, 6.07) is 0. The van der Waals surface area contributed by atoms with Gasteiger partial charge in [-0.2, -0.15) is 0 Å². The fourth-order valence-corrected chi connectivity index (χ4v) is 10.2. The molecular formula is C18H31P3. The second-order valence-electron chi connectivity index (χ2n) is 7.32. The minimum absolute atomic E-state index is 1.04. The molecule has 21 heavy (non-hydrogen) atoms. The van der Waals surface area contributed by atoms with E-state index in [4.69, 9.17) is 0 Å². The van der Waals surface area contributed by atoms with Crippen LogP contribution in [-0.2, 0) is 0 Å². The molecule has 4 rings (SSSR count). The third kappa shape index (κ3) is 4.63. The summed E-state index contributed by atoms with van der Waals surface area (Å²) in [5.41, 5.74) is 5.41. The Morgan fingerprint density at radius 1 is 0.857 bits per heavy atom. The largest absolute Gasteiger partial charge is 0.118 e. The summed E-state index contributed by atoms with van der Waals surface area (Å²) in [7, 11) is 3.59. The summed E-state index contributed by atoms with van der Waals surface area (Å²) >= 11 is 0. The van der Waals surface area contributed by atoms with Gasteiger partial charge < -0.3 is 0 Å². The molecule has 0 fully saturated rings. The molecule has 0 aromatic carbocycles. The first-order valence-corrected chi connectivity index (χ1v) is 13.4. The maximum atomic E-state index is 2.46. The average Bonchev–Trinajstić information content (AvgIpc) is 2.52. The Kier molecular flexibility index (Phi) is 6.37. The van der Waals surface area contributed by atoms with Gasteiger partial charge >= 0.3 is 0 Å². The van der Waals surface area contributed by atoms with E-state index in [1.165, 1.54) is 73.9 Å². The van der Waals surface area contributed by atoms with Crippen molar-refractivity contribution in [1.82, 2.24) is 0 Å². The van der Waals surface area contributed by atoms with E-state index in [9.17, 15) is 0 Å². The maximum Gasteiger partial charge on any atom is -0.0139 e. The minimum atomic E-state index is 1.04. The van der Waals surface area contributed by atoms with Gasteiger partial charge in [-0.25, -0.2) is 0 Å². The number of rotatable bonds is 0. The smallest absolute Gasteiger partial charge is 0.0139 e. The van der Waals surface area contributed by atoms with Gasteiger partial charge in [0.05, 0.1) is 0 Å². The lowest BCUT2D eigenvalue weighted by Gasteiger charge is -2.27. The Bertz CT molecular complexity index is 396. The second kappa shape index (κ2) is 8.04. The molecule has 5 unspecified atom stereocenters. The summed E-state index contributed by atoms with van der Waals surface area (Å²) in [6.45, 7) is 4.91. The van der Waals surface area contributed by atoms with Gasteiger partial charge in [-0.05, 0) is 94.4 Å². The number of allylic oxidation sites excluding steroid dienone is 4. The van der Waals surface area contributed by atoms with Crippen molar-refractivity contribution in [2.24, 2.45) is 11.8 Å². The standard InChI is InChI=1S/C18H31P3/c1-13-3-5-16-9-15-6-4-14(2)18(21-20-11-16)8-7-17(13)12-19-10-15/h15-16,19-21H,3-12H2,1-2H3. The van der Waals surface area contributed by atoms with Crippen molar-refractivity contribution < 1.29 is 0 Å². The van der Waals surface area contributed by atoms with Gasteiger partial charge in [0, 0.05) is 0 Å². The highest BCUT2D eigenvalue weighted by Crippen LogP contribution is 2.52. The van der Waals surface area contributed by atoms with Gasteiger partial charge in [0.2, 0.25) is 0 Å². The molecule has 5 atom stereocenters. The molecule has 4 aliphatic rings. The van der Waals surface area contributed by atoms with Crippen LogP contribution in [0.2, 0.25) is 0 Å². The third-order valence-corrected chi connectivity index (χ3v) is 11.2. The molecule has 4 heterocycles. The Labute approximate surface area is 136 Å². The summed E-state index contributed by atoms with van der Waals surface area (Å²) in [4.78, 5) is 0. The van der Waals surface area contributed by atoms with Crippen LogP contribution >= 0.6 is 25.1 Å². The Morgan fingerprint density at radius 2 is 1.62 bits per heavy atom. The van der Waals surface area contributed by atoms with Crippen molar-refractivity contribution >= 4 is 25.1 Å². The van der Waals surface area contributed by atoms with Crippen molar-refractivity contribution in [1.29, 1.82) is 0 Å². The van der Waals surface area contributed by atoms with Crippen molar-refractivity contribution in [2.75, 3.05) is 18.5 Å². The van der Waals surface area contributed by atoms with E-state index >= 15 is 0 Å². The molecule has 118 valence electrons. The molecule has 0 saturated carbocycles. The van der Waals surface area contributed by atoms with Crippen molar-refractivity contribution in [3.8, 4) is 0 Å². The summed E-state index contributed by atoms with van der Waals surface area (Å²) in [5.74, 6) is 2.08. The molecular weight excluding hydrogens is 309 g/mol. The lowest BCUT2D eigenvalue weighted by molar-refractivity contribution is 0.385. The third-order valence-electron chi connectivity index (χ3n) is 5.72. The van der Waals surface area contributed by atoms with E-state index < -0.39 is 0 Å². The molecule has 0 aliphatic carbocycles. The predicted octanol–water partition coefficient (Wildman–Crippen LogP) is 6.53. The van der Waals surface area contributed by atoms with Crippen LogP contribution < -0.4 is 0 Å². The van der Waals surface area contributed by atoms with Crippen LogP contribution in [0.15, 0.2) is 22.0 Å². The fraction of sp³-hybridized carbons (Fsp3) is 0.778. The number of fused-ring (bicyclic) bond motifs is 9. The van der Waals surface area contributed by atoms with E-state index in [2.05, 4.69) is 13.8 Å². The summed E-state index contributed by atoms with van der Waals surface area (Å²) in [5, 5.41) is 1.88. The van der Waals surface area contributed by atoms with Crippen LogP contribution in [0.4, 0.5) is 0 Å². The average molecular weight is 340 g/mol. The topological polar surface area (TPSA) is 0 Å². The second-order valence-corrected chi connectivity index (χ2v) is 12.0. The minimum Gasteiger partial charge on any atom is -0.118 e.